The van der Waals surface area contributed by atoms with Crippen molar-refractivity contribution in [3.05, 3.63) is 23.2 Å². The van der Waals surface area contributed by atoms with Crippen molar-refractivity contribution in [2.75, 3.05) is 25.0 Å². The lowest BCUT2D eigenvalue weighted by Crippen LogP contribution is -2.31. The lowest BCUT2D eigenvalue weighted by molar-refractivity contribution is -0.118. The molecular weight excluding hydrogens is 312 g/mol. The molecule has 1 saturated heterocycles. The van der Waals surface area contributed by atoms with Crippen LogP contribution in [0.3, 0.4) is 0 Å². The van der Waals surface area contributed by atoms with Gasteiger partial charge in [0.15, 0.2) is 0 Å². The Morgan fingerprint density at radius 2 is 2.17 bits per heavy atom. The lowest BCUT2D eigenvalue weighted by Gasteiger charge is -2.23. The maximum Gasteiger partial charge on any atom is 0.228 e. The van der Waals surface area contributed by atoms with Gasteiger partial charge in [-0.25, -0.2) is 0 Å². The smallest absolute Gasteiger partial charge is 0.228 e. The summed E-state index contributed by atoms with van der Waals surface area (Å²) in [6.07, 6.45) is 3.23. The zero-order valence-corrected chi connectivity index (χ0v) is 14.6. The third-order valence-corrected chi connectivity index (χ3v) is 5.17. The number of carbonyl (C=O) groups excluding carboxylic acids is 1. The van der Waals surface area contributed by atoms with E-state index in [0.717, 1.165) is 38.0 Å². The standard InChI is InChI=1S/C18H25ClN2O2/c1-12(2)11-23-16-4-3-13(9-15(16)19)21-17(22)14-10-18(14)5-7-20-8-6-18/h3-4,9,12,14,20H,5-8,10-11H2,1-2H3,(H,21,22). The van der Waals surface area contributed by atoms with Crippen molar-refractivity contribution in [3.63, 3.8) is 0 Å². The van der Waals surface area contributed by atoms with E-state index in [-0.39, 0.29) is 17.2 Å². The van der Waals surface area contributed by atoms with Crippen LogP contribution in [0.4, 0.5) is 5.69 Å². The normalized spacial score (nSPS) is 22.2. The SMILES string of the molecule is CC(C)COc1ccc(NC(=O)C2CC23CCNCC3)cc1Cl. The number of hydrogen-bond acceptors (Lipinski definition) is 3. The van der Waals surface area contributed by atoms with E-state index in [0.29, 0.717) is 23.3 Å². The minimum Gasteiger partial charge on any atom is -0.492 e. The summed E-state index contributed by atoms with van der Waals surface area (Å²) in [5.41, 5.74) is 0.993. The van der Waals surface area contributed by atoms with E-state index in [9.17, 15) is 4.79 Å². The van der Waals surface area contributed by atoms with Crippen LogP contribution in [-0.4, -0.2) is 25.6 Å². The third-order valence-electron chi connectivity index (χ3n) is 4.88. The van der Waals surface area contributed by atoms with Gasteiger partial charge in [-0.05, 0) is 61.9 Å². The number of amides is 1. The molecular formula is C18H25ClN2O2. The topological polar surface area (TPSA) is 50.4 Å². The third kappa shape index (κ3) is 3.81. The van der Waals surface area contributed by atoms with Crippen molar-refractivity contribution in [1.82, 2.24) is 5.32 Å². The van der Waals surface area contributed by atoms with Crippen LogP contribution >= 0.6 is 11.6 Å². The van der Waals surface area contributed by atoms with Gasteiger partial charge in [0.2, 0.25) is 5.91 Å². The Bertz CT molecular complexity index is 582. The van der Waals surface area contributed by atoms with Crippen molar-refractivity contribution in [2.45, 2.75) is 33.1 Å². The van der Waals surface area contributed by atoms with Gasteiger partial charge in [-0.2, -0.15) is 0 Å². The highest BCUT2D eigenvalue weighted by molar-refractivity contribution is 6.32. The Hall–Kier alpha value is -1.26. The monoisotopic (exact) mass is 336 g/mol. The second-order valence-electron chi connectivity index (χ2n) is 7.21. The van der Waals surface area contributed by atoms with Crippen LogP contribution in [0.2, 0.25) is 5.02 Å². The maximum atomic E-state index is 12.5. The fraction of sp³-hybridized carbons (Fsp3) is 0.611. The summed E-state index contributed by atoms with van der Waals surface area (Å²) in [7, 11) is 0. The molecule has 3 rings (SSSR count). The van der Waals surface area contributed by atoms with Crippen LogP contribution in [0.5, 0.6) is 5.75 Å². The number of nitrogens with one attached hydrogen (secondary N) is 2. The van der Waals surface area contributed by atoms with Crippen LogP contribution in [0.1, 0.15) is 33.1 Å². The van der Waals surface area contributed by atoms with E-state index in [1.165, 1.54) is 0 Å². The van der Waals surface area contributed by atoms with Crippen molar-refractivity contribution >= 4 is 23.2 Å². The molecule has 1 aromatic carbocycles. The molecule has 126 valence electrons. The fourth-order valence-corrected chi connectivity index (χ4v) is 3.61. The summed E-state index contributed by atoms with van der Waals surface area (Å²) >= 11 is 6.25. The molecule has 1 aliphatic heterocycles. The van der Waals surface area contributed by atoms with Gasteiger partial charge in [-0.15, -0.1) is 0 Å². The summed E-state index contributed by atoms with van der Waals surface area (Å²) in [5, 5.41) is 6.91. The molecule has 1 spiro atoms. The highest BCUT2D eigenvalue weighted by Gasteiger charge is 2.57. The molecule has 2 aliphatic rings. The number of piperidine rings is 1. The van der Waals surface area contributed by atoms with Crippen molar-refractivity contribution in [3.8, 4) is 5.75 Å². The van der Waals surface area contributed by atoms with Gasteiger partial charge in [0.1, 0.15) is 5.75 Å². The van der Waals surface area contributed by atoms with Crippen molar-refractivity contribution < 1.29 is 9.53 Å². The first-order chi connectivity index (χ1) is 11.0. The van der Waals surface area contributed by atoms with Crippen LogP contribution < -0.4 is 15.4 Å². The molecule has 4 nitrogen and oxygen atoms in total. The average Bonchev–Trinajstić information content (AvgIpc) is 3.20. The van der Waals surface area contributed by atoms with Crippen LogP contribution in [-0.2, 0) is 4.79 Å². The van der Waals surface area contributed by atoms with Crippen molar-refractivity contribution in [1.29, 1.82) is 0 Å². The highest BCUT2D eigenvalue weighted by Crippen LogP contribution is 2.58. The van der Waals surface area contributed by atoms with Crippen LogP contribution in [0.25, 0.3) is 0 Å². The molecule has 1 aliphatic carbocycles. The number of anilines is 1. The van der Waals surface area contributed by atoms with E-state index in [4.69, 9.17) is 16.3 Å². The fourth-order valence-electron chi connectivity index (χ4n) is 3.38. The molecule has 1 unspecified atom stereocenters. The molecule has 1 saturated carbocycles. The number of rotatable bonds is 5. The molecule has 1 heterocycles. The highest BCUT2D eigenvalue weighted by atomic mass is 35.5. The molecule has 5 heteroatoms. The summed E-state index contributed by atoms with van der Waals surface area (Å²) in [6, 6.07) is 5.46. The Balaban J connectivity index is 1.58. The zero-order valence-electron chi connectivity index (χ0n) is 13.8. The summed E-state index contributed by atoms with van der Waals surface area (Å²) < 4.78 is 5.66. The predicted molar refractivity (Wildman–Crippen MR) is 93.1 cm³/mol. The Morgan fingerprint density at radius 3 is 2.83 bits per heavy atom. The van der Waals surface area contributed by atoms with E-state index < -0.39 is 0 Å². The summed E-state index contributed by atoms with van der Waals surface area (Å²) in [5.74, 6) is 1.39. The molecule has 1 aromatic rings. The first-order valence-corrected chi connectivity index (χ1v) is 8.82. The number of hydrogen-bond donors (Lipinski definition) is 2. The van der Waals surface area contributed by atoms with Gasteiger partial charge in [0, 0.05) is 11.6 Å². The number of carbonyl (C=O) groups is 1. The maximum absolute atomic E-state index is 12.5. The zero-order chi connectivity index (χ0) is 16.4. The number of halogens is 1. The minimum absolute atomic E-state index is 0.124. The molecule has 0 bridgehead atoms. The molecule has 1 amide bonds. The number of benzene rings is 1. The van der Waals surface area contributed by atoms with E-state index in [2.05, 4.69) is 24.5 Å². The van der Waals surface area contributed by atoms with Crippen molar-refractivity contribution in [2.24, 2.45) is 17.3 Å². The molecule has 0 radical (unpaired) electrons. The van der Waals surface area contributed by atoms with Crippen LogP contribution in [0, 0.1) is 17.3 Å². The first-order valence-electron chi connectivity index (χ1n) is 8.44. The lowest BCUT2D eigenvalue weighted by atomic mass is 9.92. The Morgan fingerprint density at radius 1 is 1.43 bits per heavy atom. The van der Waals surface area contributed by atoms with Gasteiger partial charge in [-0.1, -0.05) is 25.4 Å². The number of ether oxygens (including phenoxy) is 1. The predicted octanol–water partition coefficient (Wildman–Crippen LogP) is 3.70. The molecule has 2 N–H and O–H groups in total. The average molecular weight is 337 g/mol. The molecule has 2 fully saturated rings. The quantitative estimate of drug-likeness (QED) is 0.862. The molecule has 1 atom stereocenters. The Labute approximate surface area is 142 Å². The second-order valence-corrected chi connectivity index (χ2v) is 7.62. The van der Waals surface area contributed by atoms with Crippen LogP contribution in [0.15, 0.2) is 18.2 Å². The largest absolute Gasteiger partial charge is 0.492 e. The van der Waals surface area contributed by atoms with Gasteiger partial charge < -0.3 is 15.4 Å². The van der Waals surface area contributed by atoms with E-state index >= 15 is 0 Å². The van der Waals surface area contributed by atoms with Gasteiger partial charge in [-0.3, -0.25) is 4.79 Å². The van der Waals surface area contributed by atoms with E-state index in [1.54, 1.807) is 6.07 Å². The van der Waals surface area contributed by atoms with Gasteiger partial charge in [0.25, 0.3) is 0 Å². The summed E-state index contributed by atoms with van der Waals surface area (Å²) in [4.78, 5) is 12.5. The first kappa shape index (κ1) is 16.6. The van der Waals surface area contributed by atoms with Gasteiger partial charge >= 0.3 is 0 Å². The minimum atomic E-state index is 0.124. The van der Waals surface area contributed by atoms with E-state index in [1.807, 2.05) is 12.1 Å². The summed E-state index contributed by atoms with van der Waals surface area (Å²) in [6.45, 7) is 6.86. The molecule has 23 heavy (non-hydrogen) atoms. The Kier molecular flexibility index (Phi) is 4.83. The van der Waals surface area contributed by atoms with Gasteiger partial charge in [0.05, 0.1) is 11.6 Å². The second kappa shape index (κ2) is 6.70. The molecule has 0 aromatic heterocycles.